The van der Waals surface area contributed by atoms with Crippen molar-refractivity contribution >= 4 is 5.97 Å². The van der Waals surface area contributed by atoms with Gasteiger partial charge in [-0.25, -0.2) is 4.79 Å². The van der Waals surface area contributed by atoms with Crippen LogP contribution in [0.2, 0.25) is 0 Å². The summed E-state index contributed by atoms with van der Waals surface area (Å²) >= 11 is 0. The minimum absolute atomic E-state index is 0.0219. The molecule has 4 rings (SSSR count). The number of methoxy groups -OCH3 is 2. The summed E-state index contributed by atoms with van der Waals surface area (Å²) in [5.41, 5.74) is 10.0. The van der Waals surface area contributed by atoms with E-state index < -0.39 is 11.9 Å². The molecule has 1 aliphatic rings. The van der Waals surface area contributed by atoms with Gasteiger partial charge in [0.05, 0.1) is 20.1 Å². The Labute approximate surface area is 209 Å². The number of allylic oxidation sites excluding steroid dienone is 1. The van der Waals surface area contributed by atoms with Crippen molar-refractivity contribution in [1.82, 2.24) is 0 Å². The molecule has 0 radical (unpaired) electrons. The number of nitriles is 1. The summed E-state index contributed by atoms with van der Waals surface area (Å²) in [6, 6.07) is 18.1. The second-order valence-corrected chi connectivity index (χ2v) is 8.25. The lowest BCUT2D eigenvalue weighted by atomic mass is 9.83. The Morgan fingerprint density at radius 1 is 0.972 bits per heavy atom. The number of rotatable bonds is 7. The molecule has 184 valence electrons. The summed E-state index contributed by atoms with van der Waals surface area (Å²) in [5.74, 6) is 1.23. The zero-order valence-corrected chi connectivity index (χ0v) is 20.5. The Morgan fingerprint density at radius 3 is 2.42 bits per heavy atom. The van der Waals surface area contributed by atoms with Crippen LogP contribution in [0.3, 0.4) is 0 Å². The van der Waals surface area contributed by atoms with E-state index >= 15 is 0 Å². The third-order valence-corrected chi connectivity index (χ3v) is 6.00. The fourth-order valence-corrected chi connectivity index (χ4v) is 3.98. The van der Waals surface area contributed by atoms with Crippen molar-refractivity contribution in [2.75, 3.05) is 20.8 Å². The van der Waals surface area contributed by atoms with Crippen molar-refractivity contribution in [1.29, 1.82) is 5.26 Å². The van der Waals surface area contributed by atoms with Gasteiger partial charge in [0.25, 0.3) is 0 Å². The first-order valence-electron chi connectivity index (χ1n) is 11.2. The summed E-state index contributed by atoms with van der Waals surface area (Å²) in [5, 5.41) is 9.80. The lowest BCUT2D eigenvalue weighted by Crippen LogP contribution is -2.21. The number of nitrogens with two attached hydrogens (primary N) is 1. The van der Waals surface area contributed by atoms with E-state index in [-0.39, 0.29) is 23.8 Å². The van der Waals surface area contributed by atoms with Crippen LogP contribution in [0.4, 0.5) is 0 Å². The van der Waals surface area contributed by atoms with Crippen molar-refractivity contribution in [3.8, 4) is 34.8 Å². The lowest BCUT2D eigenvalue weighted by molar-refractivity contribution is -0.136. The van der Waals surface area contributed by atoms with Gasteiger partial charge in [0.1, 0.15) is 28.9 Å². The Morgan fingerprint density at radius 2 is 1.72 bits per heavy atom. The number of esters is 1. The summed E-state index contributed by atoms with van der Waals surface area (Å²) in [6.45, 7) is 3.72. The van der Waals surface area contributed by atoms with Crippen LogP contribution in [0.15, 0.2) is 66.1 Å². The molecule has 0 aliphatic carbocycles. The molecule has 0 spiro atoms. The number of hydrogen-bond acceptors (Lipinski definition) is 8. The summed E-state index contributed by atoms with van der Waals surface area (Å²) in [4.78, 5) is 12.4. The van der Waals surface area contributed by atoms with E-state index in [0.717, 1.165) is 16.7 Å². The number of nitrogens with zero attached hydrogens (tertiary/aromatic N) is 1. The van der Waals surface area contributed by atoms with E-state index in [0.29, 0.717) is 28.6 Å². The molecule has 1 aliphatic heterocycles. The number of carbonyl (C=O) groups is 1. The minimum atomic E-state index is -0.568. The average Bonchev–Trinajstić information content (AvgIpc) is 2.88. The van der Waals surface area contributed by atoms with Crippen LogP contribution in [0.25, 0.3) is 0 Å². The highest BCUT2D eigenvalue weighted by Gasteiger charge is 2.31. The summed E-state index contributed by atoms with van der Waals surface area (Å²) in [6.07, 6.45) is 0. The van der Waals surface area contributed by atoms with Crippen LogP contribution in [-0.4, -0.2) is 26.8 Å². The van der Waals surface area contributed by atoms with Crippen molar-refractivity contribution in [3.63, 3.8) is 0 Å². The van der Waals surface area contributed by atoms with Gasteiger partial charge in [0, 0.05) is 11.6 Å². The zero-order chi connectivity index (χ0) is 25.8. The Hall–Kier alpha value is -4.64. The first kappa shape index (κ1) is 24.5. The van der Waals surface area contributed by atoms with E-state index in [1.54, 1.807) is 50.6 Å². The van der Waals surface area contributed by atoms with Crippen molar-refractivity contribution in [2.45, 2.75) is 19.8 Å². The van der Waals surface area contributed by atoms with Crippen LogP contribution in [0.5, 0.6) is 28.7 Å². The van der Waals surface area contributed by atoms with Gasteiger partial charge in [-0.1, -0.05) is 18.2 Å². The molecule has 8 nitrogen and oxygen atoms in total. The van der Waals surface area contributed by atoms with E-state index in [2.05, 4.69) is 6.07 Å². The average molecular weight is 487 g/mol. The quantitative estimate of drug-likeness (QED) is 0.383. The zero-order valence-electron chi connectivity index (χ0n) is 20.5. The largest absolute Gasteiger partial charge is 0.493 e. The van der Waals surface area contributed by atoms with Crippen molar-refractivity contribution in [2.24, 2.45) is 5.73 Å². The molecule has 1 heterocycles. The maximum atomic E-state index is 12.4. The molecule has 1 atom stereocenters. The van der Waals surface area contributed by atoms with E-state index in [1.165, 1.54) is 0 Å². The number of fused-ring (bicyclic) bond motifs is 1. The second-order valence-electron chi connectivity index (χ2n) is 8.25. The number of ether oxygens (including phenoxy) is 5. The van der Waals surface area contributed by atoms with Crippen LogP contribution in [-0.2, 0) is 4.79 Å². The summed E-state index contributed by atoms with van der Waals surface area (Å²) < 4.78 is 27.5. The molecule has 0 aromatic heterocycles. The second kappa shape index (κ2) is 10.3. The van der Waals surface area contributed by atoms with Crippen molar-refractivity contribution in [3.05, 3.63) is 88.3 Å². The van der Waals surface area contributed by atoms with Gasteiger partial charge in [-0.2, -0.15) is 5.26 Å². The number of carbonyl (C=O) groups excluding carboxylic acids is 1. The Balaban J connectivity index is 1.57. The molecule has 0 bridgehead atoms. The standard InChI is InChI=1S/C28H26N2O6/c1-16-5-7-19(11-17(16)2)34-15-26(31)35-20-8-9-21-24(13-20)36-28(30)22(14-29)27(21)18-6-10-23(32-3)25(12-18)33-4/h5-13,27H,15,30H2,1-4H3. The highest BCUT2D eigenvalue weighted by Crippen LogP contribution is 2.45. The lowest BCUT2D eigenvalue weighted by Gasteiger charge is -2.27. The Bertz CT molecular complexity index is 1390. The van der Waals surface area contributed by atoms with E-state index in [4.69, 9.17) is 29.4 Å². The number of hydrogen-bond donors (Lipinski definition) is 1. The van der Waals surface area contributed by atoms with Gasteiger partial charge >= 0.3 is 5.97 Å². The monoisotopic (exact) mass is 486 g/mol. The predicted molar refractivity (Wildman–Crippen MR) is 132 cm³/mol. The molecular weight excluding hydrogens is 460 g/mol. The van der Waals surface area contributed by atoms with Gasteiger partial charge < -0.3 is 29.4 Å². The SMILES string of the molecule is COc1ccc(C2C(C#N)=C(N)Oc3cc(OC(=O)COc4ccc(C)c(C)c4)ccc32)cc1OC. The highest BCUT2D eigenvalue weighted by atomic mass is 16.6. The maximum Gasteiger partial charge on any atom is 0.349 e. The molecular formula is C28H26N2O6. The smallest absolute Gasteiger partial charge is 0.349 e. The molecule has 3 aromatic carbocycles. The molecule has 0 amide bonds. The Kier molecular flexibility index (Phi) is 7.02. The van der Waals surface area contributed by atoms with Crippen molar-refractivity contribution < 1.29 is 28.5 Å². The topological polar surface area (TPSA) is 113 Å². The molecule has 3 aromatic rings. The van der Waals surface area contributed by atoms with E-state index in [9.17, 15) is 10.1 Å². The summed E-state index contributed by atoms with van der Waals surface area (Å²) in [7, 11) is 3.09. The molecule has 1 unspecified atom stereocenters. The minimum Gasteiger partial charge on any atom is -0.493 e. The van der Waals surface area contributed by atoms with Crippen LogP contribution in [0, 0.1) is 25.2 Å². The van der Waals surface area contributed by atoms with Crippen LogP contribution >= 0.6 is 0 Å². The number of aryl methyl sites for hydroxylation is 2. The highest BCUT2D eigenvalue weighted by molar-refractivity contribution is 5.74. The molecule has 2 N–H and O–H groups in total. The third kappa shape index (κ3) is 4.91. The van der Waals surface area contributed by atoms with Gasteiger partial charge in [0.15, 0.2) is 18.1 Å². The predicted octanol–water partition coefficient (Wildman–Crippen LogP) is 4.52. The molecule has 0 saturated carbocycles. The van der Waals surface area contributed by atoms with Crippen LogP contribution < -0.4 is 29.4 Å². The normalized spacial score (nSPS) is 14.2. The third-order valence-electron chi connectivity index (χ3n) is 6.00. The molecule has 36 heavy (non-hydrogen) atoms. The van der Waals surface area contributed by atoms with Gasteiger partial charge in [-0.15, -0.1) is 0 Å². The fraction of sp³-hybridized carbons (Fsp3) is 0.214. The van der Waals surface area contributed by atoms with Gasteiger partial charge in [0.2, 0.25) is 5.88 Å². The van der Waals surface area contributed by atoms with Gasteiger partial charge in [-0.05, 0) is 60.9 Å². The first-order valence-corrected chi connectivity index (χ1v) is 11.2. The fourth-order valence-electron chi connectivity index (χ4n) is 3.98. The van der Waals surface area contributed by atoms with Gasteiger partial charge in [-0.3, -0.25) is 0 Å². The maximum absolute atomic E-state index is 12.4. The molecule has 8 heteroatoms. The first-order chi connectivity index (χ1) is 17.3. The molecule has 0 fully saturated rings. The number of benzene rings is 3. The molecule has 0 saturated heterocycles. The van der Waals surface area contributed by atoms with E-state index in [1.807, 2.05) is 32.0 Å². The van der Waals surface area contributed by atoms with Crippen LogP contribution in [0.1, 0.15) is 28.2 Å².